The summed E-state index contributed by atoms with van der Waals surface area (Å²) < 4.78 is 23.7. The Balaban J connectivity index is 1.68. The lowest BCUT2D eigenvalue weighted by Gasteiger charge is -2.40. The molecule has 5 nitrogen and oxygen atoms in total. The van der Waals surface area contributed by atoms with Gasteiger partial charge in [-0.2, -0.15) is 0 Å². The van der Waals surface area contributed by atoms with Crippen LogP contribution in [0.2, 0.25) is 0 Å². The highest BCUT2D eigenvalue weighted by atomic mass is 16.7. The minimum atomic E-state index is -0.532. The normalized spacial score (nSPS) is 35.6. The van der Waals surface area contributed by atoms with Crippen LogP contribution < -0.4 is 0 Å². The van der Waals surface area contributed by atoms with Crippen LogP contribution in [0.5, 0.6) is 0 Å². The van der Waals surface area contributed by atoms with E-state index in [1.807, 2.05) is 0 Å². The third kappa shape index (κ3) is 5.74. The molecule has 3 aliphatic rings. The van der Waals surface area contributed by atoms with E-state index < -0.39 is 6.10 Å². The average Bonchev–Trinajstić information content (AvgIpc) is 2.89. The van der Waals surface area contributed by atoms with E-state index in [-0.39, 0.29) is 30.2 Å². The topological polar surface area (TPSA) is 57.2 Å². The second-order valence-corrected chi connectivity index (χ2v) is 10.1. The van der Waals surface area contributed by atoms with Crippen LogP contribution in [0.3, 0.4) is 0 Å². The van der Waals surface area contributed by atoms with Crippen LogP contribution in [0.4, 0.5) is 0 Å². The van der Waals surface area contributed by atoms with Crippen LogP contribution in [-0.4, -0.2) is 49.7 Å². The zero-order valence-electron chi connectivity index (χ0n) is 19.7. The first-order valence-electron chi connectivity index (χ1n) is 11.7. The van der Waals surface area contributed by atoms with Crippen molar-refractivity contribution in [3.05, 3.63) is 23.8 Å². The second kappa shape index (κ2) is 10.3. The molecule has 30 heavy (non-hydrogen) atoms. The molecular formula is C25H42O5. The molecule has 3 rings (SSSR count). The molecule has 1 fully saturated rings. The number of hydrogen-bond donors (Lipinski definition) is 1. The van der Waals surface area contributed by atoms with Gasteiger partial charge >= 0.3 is 0 Å². The zero-order valence-corrected chi connectivity index (χ0v) is 19.7. The van der Waals surface area contributed by atoms with Crippen LogP contribution >= 0.6 is 0 Å². The lowest BCUT2D eigenvalue weighted by Crippen LogP contribution is -2.42. The van der Waals surface area contributed by atoms with Gasteiger partial charge in [0.1, 0.15) is 0 Å². The molecule has 0 aromatic rings. The van der Waals surface area contributed by atoms with E-state index in [2.05, 4.69) is 45.9 Å². The third-order valence-electron chi connectivity index (χ3n) is 7.35. The van der Waals surface area contributed by atoms with Gasteiger partial charge in [-0.05, 0) is 64.2 Å². The molecule has 1 saturated heterocycles. The predicted molar refractivity (Wildman–Crippen MR) is 118 cm³/mol. The minimum Gasteiger partial charge on any atom is -0.390 e. The maximum absolute atomic E-state index is 11.1. The highest BCUT2D eigenvalue weighted by molar-refractivity contribution is 5.25. The SMILES string of the molecule is COC(CCC(C)C(O)C1CCC(C)(C)OC(C2CCC3=CC2C=CC3C)O1)OC. The Morgan fingerprint density at radius 3 is 2.60 bits per heavy atom. The Kier molecular flexibility index (Phi) is 8.19. The Morgan fingerprint density at radius 2 is 1.90 bits per heavy atom. The zero-order chi connectivity index (χ0) is 21.9. The molecule has 7 atom stereocenters. The quantitative estimate of drug-likeness (QED) is 0.448. The Morgan fingerprint density at radius 1 is 1.17 bits per heavy atom. The smallest absolute Gasteiger partial charge is 0.162 e. The molecule has 0 radical (unpaired) electrons. The molecule has 1 aliphatic heterocycles. The summed E-state index contributed by atoms with van der Waals surface area (Å²) in [5.74, 6) is 1.31. The van der Waals surface area contributed by atoms with Crippen LogP contribution in [-0.2, 0) is 18.9 Å². The molecule has 2 aliphatic carbocycles. The van der Waals surface area contributed by atoms with Gasteiger partial charge in [0.05, 0.1) is 17.8 Å². The van der Waals surface area contributed by atoms with Gasteiger partial charge in [0, 0.05) is 26.1 Å². The predicted octanol–water partition coefficient (Wildman–Crippen LogP) is 4.84. The molecule has 0 aromatic heterocycles. The first-order chi connectivity index (χ1) is 14.2. The van der Waals surface area contributed by atoms with Gasteiger partial charge in [-0.1, -0.05) is 37.6 Å². The molecule has 5 heteroatoms. The Bertz CT molecular complexity index is 609. The number of rotatable bonds is 8. The first kappa shape index (κ1) is 23.9. The molecule has 0 aromatic carbocycles. The molecule has 0 amide bonds. The van der Waals surface area contributed by atoms with Gasteiger partial charge < -0.3 is 24.1 Å². The van der Waals surface area contributed by atoms with Crippen LogP contribution in [0.15, 0.2) is 23.8 Å². The van der Waals surface area contributed by atoms with Crippen molar-refractivity contribution in [1.82, 2.24) is 0 Å². The summed E-state index contributed by atoms with van der Waals surface area (Å²) >= 11 is 0. The van der Waals surface area contributed by atoms with E-state index in [0.29, 0.717) is 17.8 Å². The van der Waals surface area contributed by atoms with Crippen molar-refractivity contribution in [2.45, 2.75) is 96.6 Å². The monoisotopic (exact) mass is 422 g/mol. The number of methoxy groups -OCH3 is 2. The van der Waals surface area contributed by atoms with Crippen LogP contribution in [0.1, 0.15) is 66.2 Å². The summed E-state index contributed by atoms with van der Waals surface area (Å²) in [4.78, 5) is 0. The van der Waals surface area contributed by atoms with Gasteiger partial charge in [-0.15, -0.1) is 0 Å². The van der Waals surface area contributed by atoms with E-state index in [4.69, 9.17) is 18.9 Å². The number of aliphatic hydroxyl groups is 1. The number of aliphatic hydroxyl groups excluding tert-OH is 1. The van der Waals surface area contributed by atoms with Crippen molar-refractivity contribution in [3.63, 3.8) is 0 Å². The molecule has 7 unspecified atom stereocenters. The van der Waals surface area contributed by atoms with E-state index >= 15 is 0 Å². The molecule has 0 saturated carbocycles. The van der Waals surface area contributed by atoms with E-state index in [1.54, 1.807) is 19.8 Å². The highest BCUT2D eigenvalue weighted by Crippen LogP contribution is 2.43. The Hall–Kier alpha value is -0.720. The van der Waals surface area contributed by atoms with Crippen molar-refractivity contribution in [2.75, 3.05) is 14.2 Å². The second-order valence-electron chi connectivity index (χ2n) is 10.1. The van der Waals surface area contributed by atoms with Crippen LogP contribution in [0, 0.1) is 23.7 Å². The van der Waals surface area contributed by atoms with Crippen molar-refractivity contribution in [3.8, 4) is 0 Å². The number of allylic oxidation sites excluding steroid dienone is 4. The fourth-order valence-electron chi connectivity index (χ4n) is 5.13. The molecule has 0 spiro atoms. The van der Waals surface area contributed by atoms with Crippen molar-refractivity contribution >= 4 is 0 Å². The third-order valence-corrected chi connectivity index (χ3v) is 7.35. The first-order valence-corrected chi connectivity index (χ1v) is 11.7. The standard InChI is InChI=1S/C25H42O5/c1-16-7-9-19-15-18(16)10-11-20(19)24-29-21(13-14-25(3,4)30-24)23(26)17(2)8-12-22(27-5)28-6/h7,9,15-17,19-24,26H,8,10-14H2,1-6H3. The highest BCUT2D eigenvalue weighted by Gasteiger charge is 2.42. The maximum atomic E-state index is 11.1. The summed E-state index contributed by atoms with van der Waals surface area (Å²) in [6, 6.07) is 0. The van der Waals surface area contributed by atoms with Gasteiger partial charge in [-0.25, -0.2) is 0 Å². The number of fused-ring (bicyclic) bond motifs is 1. The lowest BCUT2D eigenvalue weighted by atomic mass is 9.73. The summed E-state index contributed by atoms with van der Waals surface area (Å²) in [6.07, 6.45) is 11.2. The lowest BCUT2D eigenvalue weighted by molar-refractivity contribution is -0.242. The molecule has 2 bridgehead atoms. The van der Waals surface area contributed by atoms with Gasteiger partial charge in [-0.3, -0.25) is 0 Å². The summed E-state index contributed by atoms with van der Waals surface area (Å²) in [7, 11) is 3.30. The molecule has 1 N–H and O–H groups in total. The van der Waals surface area contributed by atoms with Crippen molar-refractivity contribution in [2.24, 2.45) is 23.7 Å². The van der Waals surface area contributed by atoms with Crippen molar-refractivity contribution in [1.29, 1.82) is 0 Å². The van der Waals surface area contributed by atoms with Gasteiger partial charge in [0.2, 0.25) is 0 Å². The summed E-state index contributed by atoms with van der Waals surface area (Å²) in [6.45, 7) is 8.65. The molecular weight excluding hydrogens is 380 g/mol. The Labute approximate surface area is 182 Å². The summed E-state index contributed by atoms with van der Waals surface area (Å²) in [5, 5.41) is 11.1. The van der Waals surface area contributed by atoms with Crippen molar-refractivity contribution < 1.29 is 24.1 Å². The fraction of sp³-hybridized carbons (Fsp3) is 0.840. The van der Waals surface area contributed by atoms with Gasteiger partial charge in [0.15, 0.2) is 12.6 Å². The molecule has 1 heterocycles. The van der Waals surface area contributed by atoms with Gasteiger partial charge in [0.25, 0.3) is 0 Å². The average molecular weight is 423 g/mol. The van der Waals surface area contributed by atoms with E-state index in [0.717, 1.165) is 38.5 Å². The van der Waals surface area contributed by atoms with Crippen LogP contribution in [0.25, 0.3) is 0 Å². The summed E-state index contributed by atoms with van der Waals surface area (Å²) in [5.41, 5.74) is 1.29. The van der Waals surface area contributed by atoms with E-state index in [1.165, 1.54) is 0 Å². The molecule has 172 valence electrons. The number of ether oxygens (including phenoxy) is 4. The minimum absolute atomic E-state index is 0.0953. The number of hydrogen-bond acceptors (Lipinski definition) is 5. The largest absolute Gasteiger partial charge is 0.390 e. The fourth-order valence-corrected chi connectivity index (χ4v) is 5.13. The maximum Gasteiger partial charge on any atom is 0.162 e. The van der Waals surface area contributed by atoms with E-state index in [9.17, 15) is 5.11 Å².